The first-order chi connectivity index (χ1) is 9.93. The van der Waals surface area contributed by atoms with Crippen LogP contribution in [0.2, 0.25) is 0 Å². The first-order valence-electron chi connectivity index (χ1n) is 6.93. The van der Waals surface area contributed by atoms with Gasteiger partial charge in [-0.25, -0.2) is 0 Å². The molecular formula is C18H24CaO3. The van der Waals surface area contributed by atoms with Gasteiger partial charge in [0.25, 0.3) is 0 Å². The molecule has 1 N–H and O–H groups in total. The Morgan fingerprint density at radius 1 is 1.27 bits per heavy atom. The molecule has 0 aromatic heterocycles. The third-order valence-electron chi connectivity index (χ3n) is 3.29. The van der Waals surface area contributed by atoms with Crippen molar-refractivity contribution in [2.24, 2.45) is 0 Å². The fourth-order valence-corrected chi connectivity index (χ4v) is 1.73. The van der Waals surface area contributed by atoms with E-state index < -0.39 is 5.97 Å². The predicted octanol–water partition coefficient (Wildman–Crippen LogP) is 3.85. The Hall–Kier alpha value is -0.950. The van der Waals surface area contributed by atoms with Crippen molar-refractivity contribution in [3.8, 4) is 17.6 Å². The zero-order chi connectivity index (χ0) is 15.8. The van der Waals surface area contributed by atoms with Crippen molar-refractivity contribution in [3.05, 3.63) is 41.0 Å². The number of carboxylic acids is 1. The van der Waals surface area contributed by atoms with E-state index >= 15 is 0 Å². The largest absolute Gasteiger partial charge is 2.00 e. The number of carbonyl (C=O) groups is 1. The van der Waals surface area contributed by atoms with Crippen molar-refractivity contribution in [1.82, 2.24) is 0 Å². The van der Waals surface area contributed by atoms with Gasteiger partial charge in [0.1, 0.15) is 12.4 Å². The molecule has 22 heavy (non-hydrogen) atoms. The summed E-state index contributed by atoms with van der Waals surface area (Å²) in [6, 6.07) is 7.48. The molecular weight excluding hydrogens is 304 g/mol. The van der Waals surface area contributed by atoms with Crippen LogP contribution in [0.15, 0.2) is 35.4 Å². The molecule has 0 bridgehead atoms. The van der Waals surface area contributed by atoms with Crippen molar-refractivity contribution < 1.29 is 17.5 Å². The van der Waals surface area contributed by atoms with Gasteiger partial charge in [-0.05, 0) is 51.0 Å². The molecule has 0 amide bonds. The summed E-state index contributed by atoms with van der Waals surface area (Å²) in [5.74, 6) is 5.38. The van der Waals surface area contributed by atoms with Crippen LogP contribution in [0.1, 0.15) is 48.5 Å². The van der Waals surface area contributed by atoms with Crippen LogP contribution >= 0.6 is 0 Å². The SMILES string of the molecule is CC#CC(CC(=O)O)c1ccc(OCC(C)=C(C)C)cc1.[Ca+2].[H-].[H-]. The van der Waals surface area contributed by atoms with Crippen LogP contribution in [-0.4, -0.2) is 55.4 Å². The third-order valence-corrected chi connectivity index (χ3v) is 3.29. The summed E-state index contributed by atoms with van der Waals surface area (Å²) >= 11 is 0. The average Bonchev–Trinajstić information content (AvgIpc) is 2.44. The first kappa shape index (κ1) is 21.0. The van der Waals surface area contributed by atoms with Crippen molar-refractivity contribution >= 4 is 43.7 Å². The van der Waals surface area contributed by atoms with Crippen LogP contribution in [0.3, 0.4) is 0 Å². The standard InChI is InChI=1S/C18H22O3.Ca.2H/c1-5-6-16(11-18(19)20)15-7-9-17(10-8-15)21-12-14(4)13(2)3;;;/h7-10,16H,11-12H2,1-4H3,(H,19,20);;;/q;+2;2*-1. The zero-order valence-electron chi connectivity index (χ0n) is 15.8. The molecule has 1 rings (SSSR count). The van der Waals surface area contributed by atoms with E-state index in [0.29, 0.717) is 6.61 Å². The molecule has 0 spiro atoms. The fraction of sp³-hybridized carbons (Fsp3) is 0.389. The Bertz CT molecular complexity index is 583. The summed E-state index contributed by atoms with van der Waals surface area (Å²) in [6.07, 6.45) is 0.0118. The number of carboxylic acid groups (broad SMARTS) is 1. The molecule has 3 nitrogen and oxygen atoms in total. The van der Waals surface area contributed by atoms with Crippen molar-refractivity contribution in [1.29, 1.82) is 0 Å². The van der Waals surface area contributed by atoms with Crippen LogP contribution in [0.25, 0.3) is 0 Å². The number of hydrogen-bond donors (Lipinski definition) is 1. The number of aliphatic carboxylic acids is 1. The van der Waals surface area contributed by atoms with E-state index in [2.05, 4.69) is 25.7 Å². The van der Waals surface area contributed by atoms with Crippen molar-refractivity contribution in [3.63, 3.8) is 0 Å². The summed E-state index contributed by atoms with van der Waals surface area (Å²) in [5.41, 5.74) is 3.36. The van der Waals surface area contributed by atoms with Crippen LogP contribution in [-0.2, 0) is 4.79 Å². The summed E-state index contributed by atoms with van der Waals surface area (Å²) in [7, 11) is 0. The van der Waals surface area contributed by atoms with Gasteiger partial charge in [0, 0.05) is 0 Å². The van der Waals surface area contributed by atoms with Gasteiger partial charge < -0.3 is 12.7 Å². The maximum absolute atomic E-state index is 10.9. The molecule has 0 aliphatic carbocycles. The van der Waals surface area contributed by atoms with E-state index in [1.54, 1.807) is 6.92 Å². The van der Waals surface area contributed by atoms with E-state index in [1.165, 1.54) is 11.1 Å². The van der Waals surface area contributed by atoms with Gasteiger partial charge in [-0.3, -0.25) is 4.79 Å². The number of allylic oxidation sites excluding steroid dienone is 1. The maximum Gasteiger partial charge on any atom is 2.00 e. The summed E-state index contributed by atoms with van der Waals surface area (Å²) in [6.45, 7) is 8.44. The quantitative estimate of drug-likeness (QED) is 0.490. The van der Waals surface area contributed by atoms with Gasteiger partial charge in [0.2, 0.25) is 0 Å². The molecule has 0 saturated heterocycles. The van der Waals surface area contributed by atoms with Gasteiger partial charge in [-0.2, -0.15) is 0 Å². The van der Waals surface area contributed by atoms with Crippen molar-refractivity contribution in [2.75, 3.05) is 6.61 Å². The van der Waals surface area contributed by atoms with E-state index in [4.69, 9.17) is 9.84 Å². The fourth-order valence-electron chi connectivity index (χ4n) is 1.73. The van der Waals surface area contributed by atoms with Gasteiger partial charge in [-0.1, -0.05) is 23.6 Å². The molecule has 116 valence electrons. The molecule has 0 aliphatic rings. The first-order valence-corrected chi connectivity index (χ1v) is 6.93. The second kappa shape index (κ2) is 10.7. The second-order valence-corrected chi connectivity index (χ2v) is 5.18. The Labute approximate surface area is 165 Å². The summed E-state index contributed by atoms with van der Waals surface area (Å²) < 4.78 is 5.69. The number of ether oxygens (including phenoxy) is 1. The molecule has 0 fully saturated rings. The molecule has 0 radical (unpaired) electrons. The van der Waals surface area contributed by atoms with E-state index in [9.17, 15) is 4.79 Å². The molecule has 1 atom stereocenters. The Kier molecular flexibility index (Phi) is 10.3. The van der Waals surface area contributed by atoms with Crippen LogP contribution in [0.4, 0.5) is 0 Å². The van der Waals surface area contributed by atoms with Crippen LogP contribution < -0.4 is 4.74 Å². The summed E-state index contributed by atoms with van der Waals surface area (Å²) in [4.78, 5) is 10.9. The number of rotatable bonds is 6. The smallest absolute Gasteiger partial charge is 1.00 e. The van der Waals surface area contributed by atoms with Gasteiger partial charge in [0.15, 0.2) is 0 Å². The zero-order valence-corrected chi connectivity index (χ0v) is 16.0. The molecule has 0 aliphatic heterocycles. The third kappa shape index (κ3) is 7.35. The minimum absolute atomic E-state index is 0. The maximum atomic E-state index is 10.9. The van der Waals surface area contributed by atoms with Gasteiger partial charge >= 0.3 is 43.7 Å². The normalized spacial score (nSPS) is 10.5. The van der Waals surface area contributed by atoms with Crippen LogP contribution in [0.5, 0.6) is 5.75 Å². The Morgan fingerprint density at radius 2 is 1.86 bits per heavy atom. The Balaban J connectivity index is -0.00000147. The number of benzene rings is 1. The van der Waals surface area contributed by atoms with E-state index in [0.717, 1.165) is 11.3 Å². The van der Waals surface area contributed by atoms with Crippen LogP contribution in [0, 0.1) is 11.8 Å². The molecule has 1 aromatic rings. The second-order valence-electron chi connectivity index (χ2n) is 5.18. The summed E-state index contributed by atoms with van der Waals surface area (Å²) in [5, 5.41) is 8.93. The average molecular weight is 328 g/mol. The van der Waals surface area contributed by atoms with Crippen molar-refractivity contribution in [2.45, 2.75) is 40.0 Å². The van der Waals surface area contributed by atoms with Gasteiger partial charge in [-0.15, -0.1) is 5.92 Å². The minimum atomic E-state index is -0.845. The molecule has 1 aromatic carbocycles. The monoisotopic (exact) mass is 328 g/mol. The van der Waals surface area contributed by atoms with E-state index in [1.807, 2.05) is 31.2 Å². The predicted molar refractivity (Wildman–Crippen MR) is 92.4 cm³/mol. The molecule has 1 unspecified atom stereocenters. The Morgan fingerprint density at radius 3 is 2.32 bits per heavy atom. The molecule has 0 saturated carbocycles. The van der Waals surface area contributed by atoms with Gasteiger partial charge in [0.05, 0.1) is 12.3 Å². The minimum Gasteiger partial charge on any atom is -1.00 e. The topological polar surface area (TPSA) is 46.5 Å². The number of hydrogen-bond acceptors (Lipinski definition) is 2. The molecule has 4 heteroatoms. The molecule has 0 heterocycles. The van der Waals surface area contributed by atoms with E-state index in [-0.39, 0.29) is 52.9 Å².